The lowest BCUT2D eigenvalue weighted by molar-refractivity contribution is -0.138. The highest BCUT2D eigenvalue weighted by atomic mass is 32.2. The van der Waals surface area contributed by atoms with E-state index < -0.39 is 86.0 Å². The van der Waals surface area contributed by atoms with E-state index in [1.807, 2.05) is 0 Å². The summed E-state index contributed by atoms with van der Waals surface area (Å²) in [5.41, 5.74) is -2.14. The largest absolute Gasteiger partial charge is 0.497 e. The van der Waals surface area contributed by atoms with Gasteiger partial charge in [-0.15, -0.1) is 0 Å². The molecule has 1 unspecified atom stereocenters. The molecule has 1 aliphatic rings. The van der Waals surface area contributed by atoms with Crippen molar-refractivity contribution < 1.29 is 71.7 Å². The number of ether oxygens (including phenoxy) is 2. The number of carboxylic acid groups (broad SMARTS) is 1. The Morgan fingerprint density at radius 3 is 1.49 bits per heavy atom. The van der Waals surface area contributed by atoms with Crippen molar-refractivity contribution in [2.75, 3.05) is 42.5 Å². The number of carboxylic acids is 1. The second-order valence-electron chi connectivity index (χ2n) is 13.7. The zero-order valence-electron chi connectivity index (χ0n) is 33.2. The molecule has 12 nitrogen and oxygen atoms in total. The summed E-state index contributed by atoms with van der Waals surface area (Å²) >= 11 is 0. The number of halogens is 7. The van der Waals surface area contributed by atoms with Crippen LogP contribution in [0.3, 0.4) is 0 Å². The number of likely N-dealkylation sites (tertiary alicyclic amines) is 1. The number of sulfonamides is 2. The highest BCUT2D eigenvalue weighted by Crippen LogP contribution is 2.37. The number of methoxy groups -OCH3 is 2. The van der Waals surface area contributed by atoms with Gasteiger partial charge in [-0.25, -0.2) is 21.2 Å². The van der Waals surface area contributed by atoms with Gasteiger partial charge in [-0.2, -0.15) is 26.3 Å². The number of nitrogens with zero attached hydrogens (tertiary/aromatic N) is 3. The van der Waals surface area contributed by atoms with Gasteiger partial charge in [-0.05, 0) is 115 Å². The SMILES string of the molecule is COc1ccc(S(=O)(=O)N(CC(=O)N2CCCC2c2ccc(F)cc2)c2cccc(C(F)(F)F)c2)cc1.COc1ccc(S(=O)(=O)N(CC(=O)O)c2cccc(C(F)(F)F)c2)cc1. The number of rotatable bonds is 13. The van der Waals surface area contributed by atoms with Crippen LogP contribution < -0.4 is 18.1 Å². The summed E-state index contributed by atoms with van der Waals surface area (Å²) in [6, 6.07) is 22.9. The Hall–Kier alpha value is -6.35. The fraction of sp³-hybridized carbons (Fsp3) is 0.238. The summed E-state index contributed by atoms with van der Waals surface area (Å²) in [5.74, 6) is -1.77. The van der Waals surface area contributed by atoms with Gasteiger partial charge in [0.15, 0.2) is 0 Å². The monoisotopic (exact) mass is 925 g/mol. The molecule has 1 heterocycles. The van der Waals surface area contributed by atoms with Gasteiger partial charge in [0.05, 0.1) is 52.6 Å². The topological polar surface area (TPSA) is 151 Å². The molecule has 1 N–H and O–H groups in total. The van der Waals surface area contributed by atoms with Crippen LogP contribution in [0.1, 0.15) is 35.6 Å². The highest BCUT2D eigenvalue weighted by molar-refractivity contribution is 7.93. The molecule has 1 amide bonds. The second kappa shape index (κ2) is 19.4. The van der Waals surface area contributed by atoms with Gasteiger partial charge in [0.2, 0.25) is 5.91 Å². The lowest BCUT2D eigenvalue weighted by Gasteiger charge is -2.30. The molecular weight excluding hydrogens is 888 g/mol. The molecule has 0 radical (unpaired) electrons. The van der Waals surface area contributed by atoms with Gasteiger partial charge in [0.1, 0.15) is 30.4 Å². The minimum Gasteiger partial charge on any atom is -0.497 e. The first-order valence-corrected chi connectivity index (χ1v) is 21.4. The summed E-state index contributed by atoms with van der Waals surface area (Å²) in [5, 5.41) is 9.02. The van der Waals surface area contributed by atoms with Crippen molar-refractivity contribution in [3.63, 3.8) is 0 Å². The fourth-order valence-electron chi connectivity index (χ4n) is 6.49. The third-order valence-electron chi connectivity index (χ3n) is 9.60. The fourth-order valence-corrected chi connectivity index (χ4v) is 9.30. The van der Waals surface area contributed by atoms with Crippen molar-refractivity contribution in [1.82, 2.24) is 4.90 Å². The first-order valence-electron chi connectivity index (χ1n) is 18.5. The maximum absolute atomic E-state index is 13.6. The van der Waals surface area contributed by atoms with Crippen LogP contribution in [0.5, 0.6) is 11.5 Å². The van der Waals surface area contributed by atoms with Gasteiger partial charge >= 0.3 is 18.3 Å². The molecule has 336 valence electrons. The average Bonchev–Trinajstić information content (AvgIpc) is 3.75. The van der Waals surface area contributed by atoms with Crippen LogP contribution in [-0.2, 0) is 42.0 Å². The summed E-state index contributed by atoms with van der Waals surface area (Å²) in [6.07, 6.45) is -8.18. The van der Waals surface area contributed by atoms with Gasteiger partial charge in [-0.3, -0.25) is 18.2 Å². The van der Waals surface area contributed by atoms with E-state index >= 15 is 0 Å². The van der Waals surface area contributed by atoms with Gasteiger partial charge in [0.25, 0.3) is 20.0 Å². The molecular formula is C42H38F7N3O9S2. The molecule has 0 aromatic heterocycles. The molecule has 6 rings (SSSR count). The minimum atomic E-state index is -4.71. The second-order valence-corrected chi connectivity index (χ2v) is 17.4. The molecule has 0 spiro atoms. The Kier molecular flexibility index (Phi) is 14.7. The first-order chi connectivity index (χ1) is 29.6. The molecule has 21 heteroatoms. The third kappa shape index (κ3) is 11.6. The smallest absolute Gasteiger partial charge is 0.416 e. The van der Waals surface area contributed by atoms with Gasteiger partial charge in [0, 0.05) is 6.54 Å². The Morgan fingerprint density at radius 1 is 0.667 bits per heavy atom. The zero-order valence-corrected chi connectivity index (χ0v) is 34.8. The number of carbonyl (C=O) groups excluding carboxylic acids is 1. The highest BCUT2D eigenvalue weighted by Gasteiger charge is 2.37. The number of benzene rings is 5. The number of carbonyl (C=O) groups is 2. The van der Waals surface area contributed by atoms with Crippen LogP contribution in [0, 0.1) is 5.82 Å². The number of anilines is 2. The molecule has 1 fully saturated rings. The van der Waals surface area contributed by atoms with Crippen molar-refractivity contribution in [2.45, 2.75) is 41.0 Å². The summed E-state index contributed by atoms with van der Waals surface area (Å²) < 4.78 is 156. The number of aliphatic carboxylic acids is 1. The molecule has 63 heavy (non-hydrogen) atoms. The van der Waals surface area contributed by atoms with E-state index in [0.29, 0.717) is 57.2 Å². The lowest BCUT2D eigenvalue weighted by Crippen LogP contribution is -2.43. The summed E-state index contributed by atoms with van der Waals surface area (Å²) in [4.78, 5) is 25.5. The molecule has 5 aromatic carbocycles. The summed E-state index contributed by atoms with van der Waals surface area (Å²) in [7, 11) is -6.06. The van der Waals surface area contributed by atoms with E-state index in [0.717, 1.165) is 30.3 Å². The molecule has 1 aliphatic heterocycles. The quantitative estimate of drug-likeness (QED) is 0.115. The van der Waals surface area contributed by atoms with Crippen LogP contribution in [-0.4, -0.2) is 72.6 Å². The first kappa shape index (κ1) is 47.7. The average molecular weight is 926 g/mol. The summed E-state index contributed by atoms with van der Waals surface area (Å²) in [6.45, 7) is -1.41. The third-order valence-corrected chi connectivity index (χ3v) is 13.2. The van der Waals surface area contributed by atoms with E-state index in [1.165, 1.54) is 85.8 Å². The van der Waals surface area contributed by atoms with Gasteiger partial charge < -0.3 is 19.5 Å². The van der Waals surface area contributed by atoms with E-state index in [-0.39, 0.29) is 15.5 Å². The van der Waals surface area contributed by atoms with Crippen molar-refractivity contribution >= 4 is 43.3 Å². The van der Waals surface area contributed by atoms with Crippen molar-refractivity contribution in [3.8, 4) is 11.5 Å². The Labute approximate surface area is 357 Å². The molecule has 0 bridgehead atoms. The molecule has 5 aromatic rings. The molecule has 1 saturated heterocycles. The van der Waals surface area contributed by atoms with Crippen LogP contribution in [0.15, 0.2) is 131 Å². The Balaban J connectivity index is 0.000000253. The Bertz CT molecular complexity index is 2610. The van der Waals surface area contributed by atoms with Crippen LogP contribution in [0.2, 0.25) is 0 Å². The maximum Gasteiger partial charge on any atom is 0.416 e. The lowest BCUT2D eigenvalue weighted by atomic mass is 10.0. The Morgan fingerprint density at radius 2 is 1.10 bits per heavy atom. The predicted octanol–water partition coefficient (Wildman–Crippen LogP) is 8.41. The normalized spacial score (nSPS) is 14.3. The van der Waals surface area contributed by atoms with E-state index in [4.69, 9.17) is 14.6 Å². The van der Waals surface area contributed by atoms with E-state index in [1.54, 1.807) is 12.1 Å². The van der Waals surface area contributed by atoms with E-state index in [9.17, 15) is 57.2 Å². The van der Waals surface area contributed by atoms with Crippen molar-refractivity contribution in [2.24, 2.45) is 0 Å². The standard InChI is InChI=1S/C26H24F4N2O4S.C16H14F3NO5S/c1-36-22-11-13-23(14-12-22)37(34,35)32(21-5-2-4-19(16-21)26(28,29)30)17-25(33)31-15-3-6-24(31)18-7-9-20(27)10-8-18;1-25-13-5-7-14(8-6-13)26(23,24)20(10-15(21)22)12-4-2-3-11(9-12)16(17,18)19/h2,4-5,7-14,16,24H,3,6,15,17H2,1H3;2-9H,10H2,1H3,(H,21,22). The van der Waals surface area contributed by atoms with Crippen LogP contribution in [0.4, 0.5) is 42.1 Å². The molecule has 0 saturated carbocycles. The molecule has 0 aliphatic carbocycles. The van der Waals surface area contributed by atoms with E-state index in [2.05, 4.69) is 0 Å². The van der Waals surface area contributed by atoms with Crippen LogP contribution >= 0.6 is 0 Å². The van der Waals surface area contributed by atoms with Gasteiger partial charge in [-0.1, -0.05) is 24.3 Å². The van der Waals surface area contributed by atoms with Crippen molar-refractivity contribution in [3.05, 3.63) is 144 Å². The number of hydrogen-bond acceptors (Lipinski definition) is 8. The zero-order chi connectivity index (χ0) is 46.3. The number of alkyl halides is 6. The number of hydrogen-bond donors (Lipinski definition) is 1. The number of amides is 1. The van der Waals surface area contributed by atoms with Crippen LogP contribution in [0.25, 0.3) is 0 Å². The molecule has 1 atom stereocenters. The predicted molar refractivity (Wildman–Crippen MR) is 216 cm³/mol. The van der Waals surface area contributed by atoms with Crippen molar-refractivity contribution in [1.29, 1.82) is 0 Å². The minimum absolute atomic E-state index is 0.213. The maximum atomic E-state index is 13.6.